The molecule has 0 bridgehead atoms. The Balaban J connectivity index is 5.51. The van der Waals surface area contributed by atoms with E-state index in [1.54, 1.807) is 24.3 Å². The Bertz CT molecular complexity index is 2700. The lowest BCUT2D eigenvalue weighted by molar-refractivity contribution is -0.161. The summed E-state index contributed by atoms with van der Waals surface area (Å²) in [5.41, 5.74) is 0. The first-order chi connectivity index (χ1) is 49.7. The molecular weight excluding hydrogens is 1330 g/mol. The number of phosphoric acid groups is 2. The van der Waals surface area contributed by atoms with E-state index in [9.17, 15) is 43.2 Å². The van der Waals surface area contributed by atoms with E-state index in [0.717, 1.165) is 167 Å². The van der Waals surface area contributed by atoms with Crippen LogP contribution in [0.5, 0.6) is 0 Å². The van der Waals surface area contributed by atoms with Gasteiger partial charge in [-0.2, -0.15) is 0 Å². The monoisotopic (exact) mass is 1460 g/mol. The number of phosphoric ester groups is 2. The van der Waals surface area contributed by atoms with Gasteiger partial charge in [-0.1, -0.05) is 273 Å². The minimum atomic E-state index is -5.03. The summed E-state index contributed by atoms with van der Waals surface area (Å²) in [4.78, 5) is 72.7. The van der Waals surface area contributed by atoms with Gasteiger partial charge in [0.15, 0.2) is 12.2 Å². The molecule has 5 atom stereocenters. The lowest BCUT2D eigenvalue weighted by Gasteiger charge is -2.21. The molecule has 0 aliphatic rings. The van der Waals surface area contributed by atoms with Crippen molar-refractivity contribution in [2.75, 3.05) is 39.6 Å². The Labute approximate surface area is 615 Å². The minimum absolute atomic E-state index is 0.0628. The second kappa shape index (κ2) is 73.2. The van der Waals surface area contributed by atoms with Crippen molar-refractivity contribution in [2.24, 2.45) is 0 Å². The predicted octanol–water partition coefficient (Wildman–Crippen LogP) is 21.8. The van der Waals surface area contributed by atoms with Gasteiger partial charge >= 0.3 is 39.5 Å². The summed E-state index contributed by atoms with van der Waals surface area (Å²) in [6.07, 6.45) is 89.2. The number of carbonyl (C=O) groups excluding carboxylic acids is 4. The number of hydrogen-bond acceptors (Lipinski definition) is 15. The first-order valence-corrected chi connectivity index (χ1v) is 40.7. The number of ether oxygens (including phenoxy) is 4. The van der Waals surface area contributed by atoms with Crippen LogP contribution in [0.15, 0.2) is 194 Å². The molecule has 0 aliphatic heterocycles. The molecule has 3 N–H and O–H groups in total. The van der Waals surface area contributed by atoms with E-state index in [-0.39, 0.29) is 25.7 Å². The molecule has 102 heavy (non-hydrogen) atoms. The molecule has 0 heterocycles. The highest BCUT2D eigenvalue weighted by Gasteiger charge is 2.30. The highest BCUT2D eigenvalue weighted by molar-refractivity contribution is 7.47. The predicted molar refractivity (Wildman–Crippen MR) is 417 cm³/mol. The van der Waals surface area contributed by atoms with Crippen molar-refractivity contribution >= 4 is 39.5 Å². The molecule has 0 saturated heterocycles. The SMILES string of the molecule is CC/C=C\C/C=C\C/C=C\C/C=C\C/C=C\CC(=O)OCC(COP(=O)(O)OCC(O)COP(=O)(O)OCC(COC(=O)CCCCCCCC/C=C\C/C=C\C/C=C\C/C=C\CC)OC(=O)CCCCCCC/C=C\C/C=C\CCC)OC(=O)C/C=C\C/C=C\C/C=C\C/C=C\C/C=C\CC. The van der Waals surface area contributed by atoms with E-state index in [4.69, 9.17) is 37.0 Å². The van der Waals surface area contributed by atoms with Gasteiger partial charge < -0.3 is 33.8 Å². The number of esters is 4. The fourth-order valence-electron chi connectivity index (χ4n) is 8.98. The van der Waals surface area contributed by atoms with Gasteiger partial charge in [-0.15, -0.1) is 0 Å². The van der Waals surface area contributed by atoms with Gasteiger partial charge in [0.25, 0.3) is 0 Å². The normalized spacial score (nSPS) is 15.0. The van der Waals surface area contributed by atoms with Crippen LogP contribution in [0.25, 0.3) is 0 Å². The molecule has 19 heteroatoms. The molecule has 0 spiro atoms. The first-order valence-electron chi connectivity index (χ1n) is 37.7. The quantitative estimate of drug-likeness (QED) is 0.0169. The van der Waals surface area contributed by atoms with Crippen molar-refractivity contribution in [1.82, 2.24) is 0 Å². The van der Waals surface area contributed by atoms with Gasteiger partial charge in [-0.05, 0) is 141 Å². The summed E-state index contributed by atoms with van der Waals surface area (Å²) in [7, 11) is -10.0. The van der Waals surface area contributed by atoms with Crippen LogP contribution in [0.4, 0.5) is 0 Å². The van der Waals surface area contributed by atoms with Gasteiger partial charge in [0.2, 0.25) is 0 Å². The van der Waals surface area contributed by atoms with Crippen LogP contribution in [0.2, 0.25) is 0 Å². The number of allylic oxidation sites excluding steroid dienone is 30. The first kappa shape index (κ1) is 95.9. The number of carbonyl (C=O) groups is 4. The van der Waals surface area contributed by atoms with Crippen LogP contribution < -0.4 is 0 Å². The van der Waals surface area contributed by atoms with Crippen molar-refractivity contribution in [1.29, 1.82) is 0 Å². The number of aliphatic hydroxyl groups is 1. The van der Waals surface area contributed by atoms with Crippen molar-refractivity contribution in [3.05, 3.63) is 194 Å². The Morgan fingerprint density at radius 3 is 0.912 bits per heavy atom. The van der Waals surface area contributed by atoms with Gasteiger partial charge in [-0.25, -0.2) is 9.13 Å². The Morgan fingerprint density at radius 1 is 0.294 bits per heavy atom. The fraction of sp³-hybridized carbons (Fsp3) is 0.566. The molecule has 0 fully saturated rings. The van der Waals surface area contributed by atoms with Crippen LogP contribution in [0.1, 0.15) is 246 Å². The molecule has 0 saturated carbocycles. The number of unbranched alkanes of at least 4 members (excludes halogenated alkanes) is 12. The van der Waals surface area contributed by atoms with E-state index < -0.39 is 97.5 Å². The zero-order valence-electron chi connectivity index (χ0n) is 62.4. The third-order valence-corrected chi connectivity index (χ3v) is 16.5. The molecule has 0 aliphatic carbocycles. The Hall–Kier alpha value is -6.10. The zero-order valence-corrected chi connectivity index (χ0v) is 64.2. The van der Waals surface area contributed by atoms with E-state index in [0.29, 0.717) is 25.7 Å². The molecule has 0 radical (unpaired) electrons. The average Bonchev–Trinajstić information content (AvgIpc) is 0.919. The second-order valence-electron chi connectivity index (χ2n) is 24.1. The molecule has 5 unspecified atom stereocenters. The topological polar surface area (TPSA) is 237 Å². The summed E-state index contributed by atoms with van der Waals surface area (Å²) in [5, 5.41) is 10.6. The van der Waals surface area contributed by atoms with E-state index in [2.05, 4.69) is 174 Å². The number of hydrogen-bond donors (Lipinski definition) is 3. The summed E-state index contributed by atoms with van der Waals surface area (Å²) in [5.74, 6) is -2.53. The lowest BCUT2D eigenvalue weighted by Crippen LogP contribution is -2.30. The number of rotatable bonds is 68. The van der Waals surface area contributed by atoms with Gasteiger partial charge in [0.05, 0.1) is 39.3 Å². The van der Waals surface area contributed by atoms with E-state index >= 15 is 0 Å². The minimum Gasteiger partial charge on any atom is -0.462 e. The fourth-order valence-corrected chi connectivity index (χ4v) is 10.6. The molecule has 0 aromatic heterocycles. The molecule has 0 rings (SSSR count). The summed E-state index contributed by atoms with van der Waals surface area (Å²) < 4.78 is 68.1. The molecule has 574 valence electrons. The highest BCUT2D eigenvalue weighted by atomic mass is 31.2. The van der Waals surface area contributed by atoms with Crippen molar-refractivity contribution < 1.29 is 80.2 Å². The lowest BCUT2D eigenvalue weighted by atomic mass is 10.1. The highest BCUT2D eigenvalue weighted by Crippen LogP contribution is 2.45. The molecule has 0 aromatic carbocycles. The van der Waals surface area contributed by atoms with Crippen molar-refractivity contribution in [3.63, 3.8) is 0 Å². The maximum absolute atomic E-state index is 13.1. The second-order valence-corrected chi connectivity index (χ2v) is 27.0. The Morgan fingerprint density at radius 2 is 0.559 bits per heavy atom. The van der Waals surface area contributed by atoms with Crippen LogP contribution in [0.3, 0.4) is 0 Å². The van der Waals surface area contributed by atoms with Crippen LogP contribution >= 0.6 is 15.6 Å². The molecule has 0 aromatic rings. The van der Waals surface area contributed by atoms with Crippen LogP contribution in [0, 0.1) is 0 Å². The zero-order chi connectivity index (χ0) is 74.6. The summed E-state index contributed by atoms with van der Waals surface area (Å²) in [6.45, 7) is 4.15. The van der Waals surface area contributed by atoms with E-state index in [1.165, 1.54) is 0 Å². The smallest absolute Gasteiger partial charge is 0.462 e. The van der Waals surface area contributed by atoms with Crippen molar-refractivity contribution in [2.45, 2.75) is 264 Å². The maximum atomic E-state index is 13.1. The van der Waals surface area contributed by atoms with Crippen LogP contribution in [-0.4, -0.2) is 96.7 Å². The van der Waals surface area contributed by atoms with Crippen LogP contribution in [-0.2, 0) is 65.4 Å². The third kappa shape index (κ3) is 72.3. The third-order valence-electron chi connectivity index (χ3n) is 14.6. The summed E-state index contributed by atoms with van der Waals surface area (Å²) in [6, 6.07) is 0. The standard InChI is InChI=1S/C83H130O17P2/c1-5-9-13-17-21-25-29-33-36-37-38-39-42-45-48-52-56-60-64-68-81(86)94-73-78(99-82(87)69-65-61-57-53-49-43-32-28-24-20-16-12-8-4)75-97-101(89,90)95-71-77(84)72-96-102(91,92)98-76-79(100-83(88)70-66-62-58-54-50-46-41-35-31-27-23-19-15-11-7-3)74-93-80(85)67-63-59-55-51-47-44-40-34-30-26-22-18-14-10-6-2/h9-11,13-16,20-23,25-28,32-36,38-41,47,50-51,54,59,62-63,66,77-79,84H,5-8,12,17-19,24,29-31,37,42-46,48-49,52-53,55-58,60-61,64-65,67-76H2,1-4H3,(H,89,90)(H,91,92)/b13-9-,14-10-,15-11-,20-16-,25-21-,26-22-,27-23-,32-28-,36-33-,39-38-,40-34-,41-35-,51-47-,54-50-,63-59-,66-62-. The number of aliphatic hydroxyl groups excluding tert-OH is 1. The molecule has 17 nitrogen and oxygen atoms in total. The van der Waals surface area contributed by atoms with Crippen molar-refractivity contribution in [3.8, 4) is 0 Å². The Kier molecular flexibility index (Phi) is 68.8. The van der Waals surface area contributed by atoms with E-state index in [1.807, 2.05) is 24.3 Å². The summed E-state index contributed by atoms with van der Waals surface area (Å²) >= 11 is 0. The molecular formula is C83H130O17P2. The van der Waals surface area contributed by atoms with Gasteiger partial charge in [-0.3, -0.25) is 37.3 Å². The largest absolute Gasteiger partial charge is 0.472 e. The average molecular weight is 1460 g/mol. The van der Waals surface area contributed by atoms with Gasteiger partial charge in [0.1, 0.15) is 19.3 Å². The molecule has 0 amide bonds. The maximum Gasteiger partial charge on any atom is 0.472 e. The van der Waals surface area contributed by atoms with Gasteiger partial charge in [0, 0.05) is 12.8 Å².